The molecule has 0 saturated carbocycles. The molecule has 0 spiro atoms. The Balaban J connectivity index is 1.65. The molecule has 26 heavy (non-hydrogen) atoms. The first-order valence-corrected chi connectivity index (χ1v) is 8.03. The molecule has 2 N–H and O–H groups in total. The van der Waals surface area contributed by atoms with Gasteiger partial charge in [-0.3, -0.25) is 4.68 Å². The highest BCUT2D eigenvalue weighted by Gasteiger charge is 2.15. The fourth-order valence-corrected chi connectivity index (χ4v) is 2.38. The Bertz CT molecular complexity index is 908. The lowest BCUT2D eigenvalue weighted by atomic mass is 10.2. The van der Waals surface area contributed by atoms with Gasteiger partial charge in [0, 0.05) is 7.05 Å². The Labute approximate surface area is 150 Å². The van der Waals surface area contributed by atoms with E-state index in [1.807, 2.05) is 30.3 Å². The Morgan fingerprint density at radius 2 is 2.04 bits per heavy atom. The average Bonchev–Trinajstić information content (AvgIpc) is 3.02. The molecule has 0 aliphatic heterocycles. The van der Waals surface area contributed by atoms with E-state index in [9.17, 15) is 9.90 Å². The number of aryl methyl sites for hydroxylation is 2. The molecule has 0 bridgehead atoms. The Hall–Kier alpha value is -3.42. The van der Waals surface area contributed by atoms with Crippen molar-refractivity contribution in [3.8, 4) is 17.1 Å². The molecule has 1 amide bonds. The summed E-state index contributed by atoms with van der Waals surface area (Å²) in [7, 11) is 1.77. The van der Waals surface area contributed by atoms with Gasteiger partial charge in [0.25, 0.3) is 0 Å². The molecule has 2 aromatic heterocycles. The summed E-state index contributed by atoms with van der Waals surface area (Å²) < 4.78 is 6.84. The third kappa shape index (κ3) is 3.97. The van der Waals surface area contributed by atoms with Gasteiger partial charge in [0.15, 0.2) is 11.6 Å². The summed E-state index contributed by atoms with van der Waals surface area (Å²) in [6.45, 7) is 2.10. The van der Waals surface area contributed by atoms with Crippen LogP contribution in [-0.4, -0.2) is 30.9 Å². The van der Waals surface area contributed by atoms with Crippen LogP contribution in [0.5, 0.6) is 5.75 Å². The van der Waals surface area contributed by atoms with Gasteiger partial charge < -0.3 is 15.2 Å². The number of carbonyl (C=O) groups is 1. The zero-order valence-electron chi connectivity index (χ0n) is 14.5. The van der Waals surface area contributed by atoms with Crippen LogP contribution < -0.4 is 5.32 Å². The molecule has 0 unspecified atom stereocenters. The van der Waals surface area contributed by atoms with E-state index in [-0.39, 0.29) is 18.9 Å². The van der Waals surface area contributed by atoms with Crippen molar-refractivity contribution in [2.24, 2.45) is 7.05 Å². The highest BCUT2D eigenvalue weighted by molar-refractivity contribution is 5.68. The first-order chi connectivity index (χ1) is 12.5. The van der Waals surface area contributed by atoms with Gasteiger partial charge in [0.1, 0.15) is 6.61 Å². The lowest BCUT2D eigenvalue weighted by Gasteiger charge is -2.09. The molecule has 0 saturated heterocycles. The van der Waals surface area contributed by atoms with E-state index in [0.717, 1.165) is 11.3 Å². The maximum atomic E-state index is 11.9. The normalized spacial score (nSPS) is 10.5. The van der Waals surface area contributed by atoms with Crippen LogP contribution in [-0.2, 0) is 24.9 Å². The molecule has 8 heteroatoms. The number of nitrogens with one attached hydrogen (secondary N) is 1. The highest BCUT2D eigenvalue weighted by Crippen LogP contribution is 2.22. The van der Waals surface area contributed by atoms with Gasteiger partial charge in [-0.05, 0) is 12.5 Å². The maximum absolute atomic E-state index is 11.9. The van der Waals surface area contributed by atoms with Crippen LogP contribution in [0.2, 0.25) is 0 Å². The van der Waals surface area contributed by atoms with Crippen molar-refractivity contribution in [3.05, 3.63) is 59.7 Å². The second-order valence-electron chi connectivity index (χ2n) is 5.71. The smallest absolute Gasteiger partial charge is 0.407 e. The van der Waals surface area contributed by atoms with Crippen LogP contribution in [0.4, 0.5) is 4.79 Å². The highest BCUT2D eigenvalue weighted by atomic mass is 16.5. The summed E-state index contributed by atoms with van der Waals surface area (Å²) in [6, 6.07) is 9.45. The Morgan fingerprint density at radius 3 is 2.77 bits per heavy atom. The molecule has 134 valence electrons. The molecule has 0 aliphatic carbocycles. The van der Waals surface area contributed by atoms with Gasteiger partial charge in [-0.15, -0.1) is 0 Å². The first-order valence-electron chi connectivity index (χ1n) is 8.03. The molecule has 0 fully saturated rings. The number of amides is 1. The minimum absolute atomic E-state index is 0.0294. The molecule has 0 aliphatic rings. The number of hydrogen-bond acceptors (Lipinski definition) is 6. The number of hydrogen-bond donors (Lipinski definition) is 2. The third-order valence-electron chi connectivity index (χ3n) is 3.87. The number of aromatic nitrogens is 4. The van der Waals surface area contributed by atoms with Gasteiger partial charge in [0.2, 0.25) is 0 Å². The van der Waals surface area contributed by atoms with Gasteiger partial charge >= 0.3 is 6.09 Å². The fourth-order valence-electron chi connectivity index (χ4n) is 2.38. The number of aromatic hydroxyl groups is 1. The van der Waals surface area contributed by atoms with E-state index in [0.29, 0.717) is 17.1 Å². The van der Waals surface area contributed by atoms with Crippen molar-refractivity contribution < 1.29 is 14.6 Å². The van der Waals surface area contributed by atoms with E-state index in [1.54, 1.807) is 24.9 Å². The predicted molar refractivity (Wildman–Crippen MR) is 94.1 cm³/mol. The summed E-state index contributed by atoms with van der Waals surface area (Å²) in [5, 5.41) is 16.5. The molecule has 3 rings (SSSR count). The van der Waals surface area contributed by atoms with Crippen LogP contribution in [0.3, 0.4) is 0 Å². The largest absolute Gasteiger partial charge is 0.504 e. The minimum Gasteiger partial charge on any atom is -0.504 e. The number of benzene rings is 1. The maximum Gasteiger partial charge on any atom is 0.407 e. The van der Waals surface area contributed by atoms with Gasteiger partial charge in [-0.25, -0.2) is 14.8 Å². The third-order valence-corrected chi connectivity index (χ3v) is 3.87. The number of rotatable bonds is 5. The van der Waals surface area contributed by atoms with Crippen molar-refractivity contribution in [2.75, 3.05) is 0 Å². The van der Waals surface area contributed by atoms with Gasteiger partial charge in [-0.1, -0.05) is 30.3 Å². The van der Waals surface area contributed by atoms with Crippen molar-refractivity contribution in [1.82, 2.24) is 25.1 Å². The summed E-state index contributed by atoms with van der Waals surface area (Å²) in [5.74, 6) is 0.463. The van der Waals surface area contributed by atoms with Crippen molar-refractivity contribution >= 4 is 6.09 Å². The quantitative estimate of drug-likeness (QED) is 0.730. The summed E-state index contributed by atoms with van der Waals surface area (Å²) in [4.78, 5) is 20.3. The van der Waals surface area contributed by atoms with E-state index >= 15 is 0 Å². The zero-order valence-corrected chi connectivity index (χ0v) is 14.5. The first kappa shape index (κ1) is 17.4. The monoisotopic (exact) mass is 353 g/mol. The predicted octanol–water partition coefficient (Wildman–Crippen LogP) is 2.32. The lowest BCUT2D eigenvalue weighted by Crippen LogP contribution is -2.25. The van der Waals surface area contributed by atoms with Crippen LogP contribution in [0.1, 0.15) is 17.0 Å². The number of nitrogens with zero attached hydrogens (tertiary/aromatic N) is 4. The number of carbonyl (C=O) groups excluding carboxylic acids is 1. The Morgan fingerprint density at radius 1 is 1.27 bits per heavy atom. The van der Waals surface area contributed by atoms with Crippen LogP contribution in [0.25, 0.3) is 11.4 Å². The second-order valence-corrected chi connectivity index (χ2v) is 5.71. The molecular weight excluding hydrogens is 334 g/mol. The minimum atomic E-state index is -0.524. The summed E-state index contributed by atoms with van der Waals surface area (Å²) in [6.07, 6.45) is 2.44. The van der Waals surface area contributed by atoms with E-state index in [1.165, 1.54) is 6.20 Å². The Kier molecular flexibility index (Phi) is 5.12. The molecular formula is C18H19N5O3. The van der Waals surface area contributed by atoms with Crippen molar-refractivity contribution in [3.63, 3.8) is 0 Å². The number of alkyl carbamates (subject to hydrolysis) is 1. The summed E-state index contributed by atoms with van der Waals surface area (Å²) in [5.41, 5.74) is 2.79. The molecule has 3 aromatic rings. The average molecular weight is 353 g/mol. The molecule has 0 radical (unpaired) electrons. The zero-order chi connectivity index (χ0) is 18.5. The van der Waals surface area contributed by atoms with Gasteiger partial charge in [-0.2, -0.15) is 5.10 Å². The van der Waals surface area contributed by atoms with Crippen LogP contribution in [0, 0.1) is 6.92 Å². The van der Waals surface area contributed by atoms with E-state index in [2.05, 4.69) is 20.4 Å². The summed E-state index contributed by atoms with van der Waals surface area (Å²) >= 11 is 0. The topological polar surface area (TPSA) is 102 Å². The fraction of sp³-hybridized carbons (Fsp3) is 0.222. The second kappa shape index (κ2) is 7.64. The van der Waals surface area contributed by atoms with Gasteiger partial charge in [0.05, 0.1) is 35.9 Å². The van der Waals surface area contributed by atoms with Crippen LogP contribution >= 0.6 is 0 Å². The molecule has 2 heterocycles. The number of ether oxygens (including phenoxy) is 1. The van der Waals surface area contributed by atoms with E-state index in [4.69, 9.17) is 4.74 Å². The SMILES string of the molecule is Cc1nc(-c2cnn(C)c2CNC(=O)OCc2ccccc2)ncc1O. The molecule has 0 atom stereocenters. The van der Waals surface area contributed by atoms with Crippen molar-refractivity contribution in [2.45, 2.75) is 20.1 Å². The van der Waals surface area contributed by atoms with Crippen molar-refractivity contribution in [1.29, 1.82) is 0 Å². The van der Waals surface area contributed by atoms with Crippen LogP contribution in [0.15, 0.2) is 42.7 Å². The molecule has 1 aromatic carbocycles. The molecule has 8 nitrogen and oxygen atoms in total. The standard InChI is InChI=1S/C18H19N5O3/c1-12-16(24)10-19-17(22-12)14-8-21-23(2)15(14)9-20-18(25)26-11-13-6-4-3-5-7-13/h3-8,10,24H,9,11H2,1-2H3,(H,20,25). The van der Waals surface area contributed by atoms with E-state index < -0.39 is 6.09 Å². The lowest BCUT2D eigenvalue weighted by molar-refractivity contribution is 0.139.